The molecule has 1 heterocycles. The van der Waals surface area contributed by atoms with Gasteiger partial charge in [-0.2, -0.15) is 0 Å². The van der Waals surface area contributed by atoms with Gasteiger partial charge in [-0.25, -0.2) is 0 Å². The van der Waals surface area contributed by atoms with Crippen molar-refractivity contribution in [2.24, 2.45) is 0 Å². The lowest BCUT2D eigenvalue weighted by atomic mass is 10.1. The van der Waals surface area contributed by atoms with Crippen molar-refractivity contribution in [1.29, 1.82) is 0 Å². The maximum Gasteiger partial charge on any atom is 0.220 e. The molecule has 0 aliphatic carbocycles. The quantitative estimate of drug-likeness (QED) is 0.224. The summed E-state index contributed by atoms with van der Waals surface area (Å²) in [6.45, 7) is 5.90. The minimum Gasteiger partial charge on any atom is -0.493 e. The molecule has 0 aliphatic heterocycles. The van der Waals surface area contributed by atoms with Crippen molar-refractivity contribution in [3.63, 3.8) is 0 Å². The highest BCUT2D eigenvalue weighted by Crippen LogP contribution is 2.43. The summed E-state index contributed by atoms with van der Waals surface area (Å²) in [5.41, 5.74) is 2.73. The van der Waals surface area contributed by atoms with Crippen LogP contribution in [0.25, 0.3) is 5.69 Å². The number of ether oxygens (including phenoxy) is 2. The summed E-state index contributed by atoms with van der Waals surface area (Å²) in [5, 5.41) is 20.1. The number of nitrogens with zero attached hydrogens (tertiary/aromatic N) is 4. The van der Waals surface area contributed by atoms with Crippen LogP contribution in [0.2, 0.25) is 0 Å². The van der Waals surface area contributed by atoms with Crippen LogP contribution in [0.1, 0.15) is 29.1 Å². The molecule has 1 atom stereocenters. The van der Waals surface area contributed by atoms with Crippen LogP contribution in [0, 0.1) is 24.0 Å². The highest BCUT2D eigenvalue weighted by Gasteiger charge is 2.27. The zero-order chi connectivity index (χ0) is 22.5. The summed E-state index contributed by atoms with van der Waals surface area (Å²) >= 11 is 4.84. The number of rotatable bonds is 9. The van der Waals surface area contributed by atoms with Crippen molar-refractivity contribution < 1.29 is 14.4 Å². The standard InChI is InChI=1S/C21H23BrN4O4S/c1-5-30-19-10-16(17(22)11-18(19)29-4)20(12-25(27)28)31-21-24-23-14(3)26(21)15-8-6-7-13(2)9-15/h6-11,20H,5,12H2,1-4H3/t20-/m1/s1. The molecule has 0 N–H and O–H groups in total. The topological polar surface area (TPSA) is 92.3 Å². The van der Waals surface area contributed by atoms with E-state index in [0.29, 0.717) is 33.6 Å². The predicted molar refractivity (Wildman–Crippen MR) is 123 cm³/mol. The fraction of sp³-hybridized carbons (Fsp3) is 0.333. The number of thioether (sulfide) groups is 1. The Morgan fingerprint density at radius 1 is 1.23 bits per heavy atom. The van der Waals surface area contributed by atoms with Gasteiger partial charge in [0.1, 0.15) is 11.1 Å². The maximum atomic E-state index is 11.5. The molecule has 164 valence electrons. The molecular formula is C21H23BrN4O4S. The van der Waals surface area contributed by atoms with Gasteiger partial charge in [-0.15, -0.1) is 10.2 Å². The van der Waals surface area contributed by atoms with Crippen LogP contribution in [0.15, 0.2) is 46.0 Å². The molecule has 0 spiro atoms. The van der Waals surface area contributed by atoms with E-state index in [-0.39, 0.29) is 11.5 Å². The first-order chi connectivity index (χ1) is 14.8. The lowest BCUT2D eigenvalue weighted by molar-refractivity contribution is -0.479. The summed E-state index contributed by atoms with van der Waals surface area (Å²) in [7, 11) is 1.56. The van der Waals surface area contributed by atoms with Crippen LogP contribution >= 0.6 is 27.7 Å². The second kappa shape index (κ2) is 10.1. The molecule has 3 aromatic rings. The van der Waals surface area contributed by atoms with E-state index in [1.807, 2.05) is 49.6 Å². The fourth-order valence-electron chi connectivity index (χ4n) is 3.17. The molecule has 0 bridgehead atoms. The maximum absolute atomic E-state index is 11.5. The lowest BCUT2D eigenvalue weighted by Crippen LogP contribution is -2.12. The predicted octanol–water partition coefficient (Wildman–Crippen LogP) is 5.16. The summed E-state index contributed by atoms with van der Waals surface area (Å²) in [6, 6.07) is 11.5. The third-order valence-corrected chi connectivity index (χ3v) is 6.40. The van der Waals surface area contributed by atoms with E-state index in [2.05, 4.69) is 26.1 Å². The molecular weight excluding hydrogens is 484 g/mol. The number of hydrogen-bond donors (Lipinski definition) is 0. The molecule has 1 aromatic heterocycles. The minimum absolute atomic E-state index is 0.291. The molecule has 2 aromatic carbocycles. The van der Waals surface area contributed by atoms with Gasteiger partial charge >= 0.3 is 0 Å². The van der Waals surface area contributed by atoms with Crippen LogP contribution in [0.4, 0.5) is 0 Å². The Balaban J connectivity index is 2.05. The first kappa shape index (κ1) is 23.1. The summed E-state index contributed by atoms with van der Waals surface area (Å²) < 4.78 is 13.7. The second-order valence-electron chi connectivity index (χ2n) is 6.78. The molecule has 0 amide bonds. The Labute approximate surface area is 193 Å². The Morgan fingerprint density at radius 3 is 2.65 bits per heavy atom. The van der Waals surface area contributed by atoms with Gasteiger partial charge in [0.25, 0.3) is 0 Å². The Bertz CT molecular complexity index is 1090. The van der Waals surface area contributed by atoms with Gasteiger partial charge < -0.3 is 9.47 Å². The molecule has 3 rings (SSSR count). The molecule has 0 saturated carbocycles. The third kappa shape index (κ3) is 5.37. The summed E-state index contributed by atoms with van der Waals surface area (Å²) in [6.07, 6.45) is 0. The van der Waals surface area contributed by atoms with Crippen LogP contribution in [0.5, 0.6) is 11.5 Å². The number of aryl methyl sites for hydroxylation is 2. The molecule has 0 radical (unpaired) electrons. The molecule has 0 unspecified atom stereocenters. The van der Waals surface area contributed by atoms with E-state index < -0.39 is 5.25 Å². The summed E-state index contributed by atoms with van der Waals surface area (Å²) in [4.78, 5) is 11.2. The van der Waals surface area contributed by atoms with Crippen LogP contribution < -0.4 is 9.47 Å². The van der Waals surface area contributed by atoms with Crippen LogP contribution in [0.3, 0.4) is 0 Å². The Kier molecular flexibility index (Phi) is 7.55. The van der Waals surface area contributed by atoms with Crippen molar-refractivity contribution in [1.82, 2.24) is 14.8 Å². The molecule has 0 fully saturated rings. The Hall–Kier alpha value is -2.59. The average molecular weight is 507 g/mol. The summed E-state index contributed by atoms with van der Waals surface area (Å²) in [5.74, 6) is 1.80. The van der Waals surface area contributed by atoms with Gasteiger partial charge in [-0.1, -0.05) is 39.8 Å². The van der Waals surface area contributed by atoms with Gasteiger partial charge in [-0.3, -0.25) is 14.7 Å². The largest absolute Gasteiger partial charge is 0.493 e. The van der Waals surface area contributed by atoms with Crippen molar-refractivity contribution >= 4 is 27.7 Å². The first-order valence-electron chi connectivity index (χ1n) is 9.61. The Morgan fingerprint density at radius 2 is 2.00 bits per heavy atom. The zero-order valence-corrected chi connectivity index (χ0v) is 20.1. The monoisotopic (exact) mass is 506 g/mol. The van der Waals surface area contributed by atoms with E-state index in [4.69, 9.17) is 9.47 Å². The minimum atomic E-state index is -0.526. The van der Waals surface area contributed by atoms with Crippen molar-refractivity contribution in [2.75, 3.05) is 20.3 Å². The van der Waals surface area contributed by atoms with E-state index in [0.717, 1.165) is 16.8 Å². The van der Waals surface area contributed by atoms with Gasteiger partial charge in [0.15, 0.2) is 16.7 Å². The smallest absolute Gasteiger partial charge is 0.220 e. The molecule has 8 nitrogen and oxygen atoms in total. The molecule has 10 heteroatoms. The van der Waals surface area contributed by atoms with E-state index >= 15 is 0 Å². The molecule has 31 heavy (non-hydrogen) atoms. The molecule has 0 saturated heterocycles. The zero-order valence-electron chi connectivity index (χ0n) is 17.7. The first-order valence-corrected chi connectivity index (χ1v) is 11.3. The lowest BCUT2D eigenvalue weighted by Gasteiger charge is -2.18. The van der Waals surface area contributed by atoms with Gasteiger partial charge in [0, 0.05) is 15.1 Å². The number of halogens is 1. The second-order valence-corrected chi connectivity index (χ2v) is 8.81. The SMILES string of the molecule is CCOc1cc([C@@H](C[N+](=O)[O-])Sc2nnc(C)n2-c2cccc(C)c2)c(Br)cc1OC. The van der Waals surface area contributed by atoms with Crippen molar-refractivity contribution in [3.8, 4) is 17.2 Å². The highest BCUT2D eigenvalue weighted by atomic mass is 79.9. The van der Waals surface area contributed by atoms with E-state index in [1.54, 1.807) is 19.2 Å². The third-order valence-electron chi connectivity index (χ3n) is 4.55. The van der Waals surface area contributed by atoms with Crippen molar-refractivity contribution in [2.45, 2.75) is 31.2 Å². The normalized spacial score (nSPS) is 11.9. The van der Waals surface area contributed by atoms with Gasteiger partial charge in [0.05, 0.1) is 13.7 Å². The van der Waals surface area contributed by atoms with Gasteiger partial charge in [0.2, 0.25) is 6.54 Å². The van der Waals surface area contributed by atoms with Gasteiger partial charge in [-0.05, 0) is 56.2 Å². The highest BCUT2D eigenvalue weighted by molar-refractivity contribution is 9.10. The molecule has 0 aliphatic rings. The van der Waals surface area contributed by atoms with E-state index in [9.17, 15) is 10.1 Å². The number of aromatic nitrogens is 3. The fourth-order valence-corrected chi connectivity index (χ4v) is 5.12. The van der Waals surface area contributed by atoms with Crippen LogP contribution in [-0.4, -0.2) is 39.9 Å². The number of benzene rings is 2. The van der Waals surface area contributed by atoms with E-state index in [1.165, 1.54) is 11.8 Å². The number of methoxy groups -OCH3 is 1. The average Bonchev–Trinajstić information content (AvgIpc) is 3.08. The van der Waals surface area contributed by atoms with Crippen LogP contribution in [-0.2, 0) is 0 Å². The number of hydrogen-bond acceptors (Lipinski definition) is 7. The van der Waals surface area contributed by atoms with Crippen molar-refractivity contribution in [3.05, 3.63) is 67.9 Å². The number of nitro groups is 1.